The van der Waals surface area contributed by atoms with Crippen LogP contribution in [0.3, 0.4) is 0 Å². The Morgan fingerprint density at radius 1 is 0.744 bits per heavy atom. The summed E-state index contributed by atoms with van der Waals surface area (Å²) in [6, 6.07) is 31.7. The monoisotopic (exact) mass is 530 g/mol. The molecule has 0 amide bonds. The van der Waals surface area contributed by atoms with Crippen molar-refractivity contribution in [2.75, 3.05) is 39.3 Å². The number of carbonyl (C=O) groups is 2. The lowest BCUT2D eigenvalue weighted by Crippen LogP contribution is -2.45. The predicted octanol–water partition coefficient (Wildman–Crippen LogP) is 5.10. The van der Waals surface area contributed by atoms with Crippen LogP contribution in [0.15, 0.2) is 103 Å². The fourth-order valence-corrected chi connectivity index (χ4v) is 4.24. The molecule has 0 aliphatic carbocycles. The number of allylic oxidation sites excluding steroid dienone is 1. The highest BCUT2D eigenvalue weighted by Gasteiger charge is 2.17. The molecule has 7 nitrogen and oxygen atoms in total. The number of piperazine rings is 1. The molecule has 0 unspecified atom stereocenters. The molecular formula is C32H38N2O5. The first-order valence-electron chi connectivity index (χ1n) is 13.3. The molecule has 2 N–H and O–H groups in total. The van der Waals surface area contributed by atoms with Crippen LogP contribution in [0, 0.1) is 0 Å². The molecule has 0 radical (unpaired) electrons. The quantitative estimate of drug-likeness (QED) is 0.337. The van der Waals surface area contributed by atoms with Gasteiger partial charge in [0, 0.05) is 32.7 Å². The summed E-state index contributed by atoms with van der Waals surface area (Å²) < 4.78 is 6.39. The largest absolute Gasteiger partial charge is 0.481 e. The van der Waals surface area contributed by atoms with Crippen molar-refractivity contribution in [3.63, 3.8) is 0 Å². The van der Waals surface area contributed by atoms with Crippen LogP contribution in [-0.4, -0.2) is 71.3 Å². The van der Waals surface area contributed by atoms with E-state index in [-0.39, 0.29) is 18.9 Å². The minimum absolute atomic E-state index is 0.00962. The molecule has 0 atom stereocenters. The fraction of sp³-hybridized carbons (Fsp3) is 0.312. The molecule has 3 aromatic rings. The van der Waals surface area contributed by atoms with Crippen molar-refractivity contribution in [3.05, 3.63) is 120 Å². The molecule has 0 bridgehead atoms. The van der Waals surface area contributed by atoms with Crippen molar-refractivity contribution in [1.82, 2.24) is 9.80 Å². The third-order valence-corrected chi connectivity index (χ3v) is 6.37. The Balaban J connectivity index is 0.000000459. The molecular weight excluding hydrogens is 492 g/mol. The summed E-state index contributed by atoms with van der Waals surface area (Å²) in [5, 5.41) is 15.8. The van der Waals surface area contributed by atoms with E-state index in [1.165, 1.54) is 16.7 Å². The smallest absolute Gasteiger partial charge is 0.303 e. The summed E-state index contributed by atoms with van der Waals surface area (Å²) in [5.41, 5.74) is 3.78. The molecule has 1 heterocycles. The van der Waals surface area contributed by atoms with Crippen molar-refractivity contribution in [3.8, 4) is 0 Å². The van der Waals surface area contributed by atoms with Gasteiger partial charge in [0.15, 0.2) is 0 Å². The number of carboxylic acid groups (broad SMARTS) is 2. The highest BCUT2D eigenvalue weighted by atomic mass is 16.5. The maximum Gasteiger partial charge on any atom is 0.303 e. The summed E-state index contributed by atoms with van der Waals surface area (Å²) in [6.07, 6.45) is 4.93. The zero-order valence-electron chi connectivity index (χ0n) is 22.3. The lowest BCUT2D eigenvalue weighted by atomic mass is 10.0. The third kappa shape index (κ3) is 11.5. The molecule has 1 aliphatic heterocycles. The van der Waals surface area contributed by atoms with Gasteiger partial charge in [0.2, 0.25) is 0 Å². The summed E-state index contributed by atoms with van der Waals surface area (Å²) in [7, 11) is 0. The normalized spacial score (nSPS) is 13.7. The molecule has 4 rings (SSSR count). The minimum Gasteiger partial charge on any atom is -0.481 e. The zero-order valence-corrected chi connectivity index (χ0v) is 22.3. The summed E-state index contributed by atoms with van der Waals surface area (Å²) in [5.74, 6) is -2.15. The zero-order chi connectivity index (χ0) is 27.7. The fourth-order valence-electron chi connectivity index (χ4n) is 4.24. The van der Waals surface area contributed by atoms with Crippen LogP contribution in [0.4, 0.5) is 0 Å². The molecule has 1 saturated heterocycles. The van der Waals surface area contributed by atoms with E-state index < -0.39 is 11.9 Å². The second-order valence-corrected chi connectivity index (χ2v) is 9.31. The van der Waals surface area contributed by atoms with Gasteiger partial charge in [0.25, 0.3) is 0 Å². The number of carboxylic acids is 2. The number of rotatable bonds is 12. The van der Waals surface area contributed by atoms with Gasteiger partial charge >= 0.3 is 11.9 Å². The van der Waals surface area contributed by atoms with E-state index in [2.05, 4.69) is 113 Å². The van der Waals surface area contributed by atoms with E-state index in [4.69, 9.17) is 14.9 Å². The Bertz CT molecular complexity index is 1080. The van der Waals surface area contributed by atoms with Crippen molar-refractivity contribution in [2.45, 2.75) is 25.4 Å². The number of aliphatic carboxylic acids is 2. The van der Waals surface area contributed by atoms with Crippen LogP contribution < -0.4 is 0 Å². The van der Waals surface area contributed by atoms with E-state index >= 15 is 0 Å². The van der Waals surface area contributed by atoms with Gasteiger partial charge in [-0.15, -0.1) is 0 Å². The molecule has 0 aromatic heterocycles. The van der Waals surface area contributed by atoms with Crippen LogP contribution in [-0.2, 0) is 20.7 Å². The first kappa shape index (κ1) is 29.6. The number of nitrogens with zero attached hydrogens (tertiary/aromatic N) is 2. The summed E-state index contributed by atoms with van der Waals surface area (Å²) in [6.45, 7) is 6.02. The topological polar surface area (TPSA) is 90.3 Å². The van der Waals surface area contributed by atoms with Gasteiger partial charge in [-0.05, 0) is 29.3 Å². The summed E-state index contributed by atoms with van der Waals surface area (Å²) in [4.78, 5) is 24.2. The molecule has 7 heteroatoms. The van der Waals surface area contributed by atoms with E-state index in [0.29, 0.717) is 0 Å². The van der Waals surface area contributed by atoms with E-state index in [9.17, 15) is 9.59 Å². The number of hydrogen-bond donors (Lipinski definition) is 2. The molecule has 39 heavy (non-hydrogen) atoms. The number of benzene rings is 3. The van der Waals surface area contributed by atoms with Gasteiger partial charge in [-0.2, -0.15) is 0 Å². The lowest BCUT2D eigenvalue weighted by molar-refractivity contribution is -0.143. The van der Waals surface area contributed by atoms with Crippen LogP contribution in [0.5, 0.6) is 0 Å². The molecule has 1 fully saturated rings. The maximum atomic E-state index is 9.64. The third-order valence-electron chi connectivity index (χ3n) is 6.37. The average Bonchev–Trinajstić information content (AvgIpc) is 2.97. The Morgan fingerprint density at radius 3 is 1.72 bits per heavy atom. The van der Waals surface area contributed by atoms with Crippen molar-refractivity contribution >= 4 is 11.9 Å². The first-order chi connectivity index (χ1) is 19.0. The summed E-state index contributed by atoms with van der Waals surface area (Å²) >= 11 is 0. The number of hydrogen-bond acceptors (Lipinski definition) is 5. The van der Waals surface area contributed by atoms with Crippen LogP contribution in [0.25, 0.3) is 0 Å². The highest BCUT2D eigenvalue weighted by molar-refractivity contribution is 5.75. The van der Waals surface area contributed by atoms with Gasteiger partial charge in [0.05, 0.1) is 19.4 Å². The van der Waals surface area contributed by atoms with E-state index in [0.717, 1.165) is 45.8 Å². The lowest BCUT2D eigenvalue weighted by Gasteiger charge is -2.34. The molecule has 0 saturated carbocycles. The van der Waals surface area contributed by atoms with Crippen LogP contribution >= 0.6 is 0 Å². The Hall–Kier alpha value is -3.94. The van der Waals surface area contributed by atoms with Gasteiger partial charge in [-0.1, -0.05) is 97.1 Å². The van der Waals surface area contributed by atoms with Crippen molar-refractivity contribution in [2.24, 2.45) is 0 Å². The first-order valence-corrected chi connectivity index (χ1v) is 13.3. The predicted molar refractivity (Wildman–Crippen MR) is 152 cm³/mol. The number of ether oxygens (including phenoxy) is 1. The van der Waals surface area contributed by atoms with Gasteiger partial charge in [0.1, 0.15) is 6.10 Å². The Kier molecular flexibility index (Phi) is 12.8. The minimum atomic E-state index is -1.08. The SMILES string of the molecule is C(=C\N1CCN(CCOC(c2ccccc2)c2ccccc2)CC1)/Cc1ccccc1.O=C(O)CCC(=O)O. The van der Waals surface area contributed by atoms with E-state index in [1.54, 1.807) is 0 Å². The Morgan fingerprint density at radius 2 is 1.23 bits per heavy atom. The highest BCUT2D eigenvalue weighted by Crippen LogP contribution is 2.25. The van der Waals surface area contributed by atoms with Crippen molar-refractivity contribution in [1.29, 1.82) is 0 Å². The molecule has 206 valence electrons. The van der Waals surface area contributed by atoms with Crippen LogP contribution in [0.1, 0.15) is 35.6 Å². The van der Waals surface area contributed by atoms with Gasteiger partial charge < -0.3 is 19.8 Å². The second-order valence-electron chi connectivity index (χ2n) is 9.31. The molecule has 0 spiro atoms. The van der Waals surface area contributed by atoms with Crippen molar-refractivity contribution < 1.29 is 24.5 Å². The Labute approximate surface area is 231 Å². The van der Waals surface area contributed by atoms with Gasteiger partial charge in [-0.3, -0.25) is 14.5 Å². The molecule has 3 aromatic carbocycles. The average molecular weight is 531 g/mol. The maximum absolute atomic E-state index is 9.64. The van der Waals surface area contributed by atoms with Gasteiger partial charge in [-0.25, -0.2) is 0 Å². The second kappa shape index (κ2) is 16.8. The van der Waals surface area contributed by atoms with E-state index in [1.807, 2.05) is 0 Å². The standard InChI is InChI=1S/C28H32N2O.C4H6O4/c1-4-11-25(12-5-1)13-10-18-29-19-21-30(22-20-29)23-24-31-28(26-14-6-2-7-15-26)27-16-8-3-9-17-27;5-3(6)1-2-4(7)8/h1-12,14-18,28H,13,19-24H2;1-2H2,(H,5,6)(H,7,8)/b18-10+;. The molecule has 1 aliphatic rings. The van der Waals surface area contributed by atoms with Crippen LogP contribution in [0.2, 0.25) is 0 Å².